The third kappa shape index (κ3) is 4.94. The lowest BCUT2D eigenvalue weighted by Gasteiger charge is -2.27. The number of nitrogens with zero attached hydrogens (tertiary/aromatic N) is 1. The lowest BCUT2D eigenvalue weighted by atomic mass is 10.2. The van der Waals surface area contributed by atoms with E-state index in [0.717, 1.165) is 49.8 Å². The normalized spacial score (nSPS) is 20.6. The topological polar surface area (TPSA) is 44.7 Å². The van der Waals surface area contributed by atoms with E-state index in [4.69, 9.17) is 16.3 Å². The van der Waals surface area contributed by atoms with E-state index in [1.54, 1.807) is 0 Å². The van der Waals surface area contributed by atoms with Crippen molar-refractivity contribution >= 4 is 11.6 Å². The van der Waals surface area contributed by atoms with E-state index in [1.807, 2.05) is 24.3 Å². The van der Waals surface area contributed by atoms with Gasteiger partial charge in [-0.2, -0.15) is 0 Å². The standard InChI is InChI=1S/C15H23ClN2O2/c16-13-3-5-15(6-4-13)20-10-2-9-18-8-1-7-17-11-14(18)12-19/h3-6,14,17,19H,1-2,7-12H2. The van der Waals surface area contributed by atoms with Crippen molar-refractivity contribution < 1.29 is 9.84 Å². The first-order valence-electron chi connectivity index (χ1n) is 7.23. The minimum absolute atomic E-state index is 0.213. The van der Waals surface area contributed by atoms with Gasteiger partial charge in [0.15, 0.2) is 0 Å². The van der Waals surface area contributed by atoms with Gasteiger partial charge in [-0.3, -0.25) is 4.90 Å². The number of halogens is 1. The van der Waals surface area contributed by atoms with Gasteiger partial charge in [0, 0.05) is 24.2 Å². The van der Waals surface area contributed by atoms with Crippen LogP contribution >= 0.6 is 11.6 Å². The van der Waals surface area contributed by atoms with Crippen molar-refractivity contribution in [3.8, 4) is 5.75 Å². The number of nitrogens with one attached hydrogen (secondary N) is 1. The summed E-state index contributed by atoms with van der Waals surface area (Å²) in [5.74, 6) is 0.852. The van der Waals surface area contributed by atoms with Crippen molar-refractivity contribution in [1.29, 1.82) is 0 Å². The Morgan fingerprint density at radius 3 is 2.90 bits per heavy atom. The first kappa shape index (κ1) is 15.6. The fourth-order valence-corrected chi connectivity index (χ4v) is 2.58. The number of rotatable bonds is 6. The summed E-state index contributed by atoms with van der Waals surface area (Å²) < 4.78 is 5.69. The van der Waals surface area contributed by atoms with Crippen LogP contribution in [0.5, 0.6) is 5.75 Å². The quantitative estimate of drug-likeness (QED) is 0.786. The van der Waals surface area contributed by atoms with Gasteiger partial charge in [0.1, 0.15) is 5.75 Å². The highest BCUT2D eigenvalue weighted by Gasteiger charge is 2.19. The van der Waals surface area contributed by atoms with Crippen LogP contribution < -0.4 is 10.1 Å². The number of benzene rings is 1. The van der Waals surface area contributed by atoms with Crippen molar-refractivity contribution in [2.45, 2.75) is 18.9 Å². The van der Waals surface area contributed by atoms with Gasteiger partial charge in [-0.1, -0.05) is 11.6 Å². The van der Waals surface area contributed by atoms with Crippen LogP contribution in [0.3, 0.4) is 0 Å². The maximum Gasteiger partial charge on any atom is 0.119 e. The van der Waals surface area contributed by atoms with Gasteiger partial charge in [-0.15, -0.1) is 0 Å². The Morgan fingerprint density at radius 2 is 2.15 bits per heavy atom. The second-order valence-electron chi connectivity index (χ2n) is 5.09. The Bertz CT molecular complexity index is 386. The summed E-state index contributed by atoms with van der Waals surface area (Å²) >= 11 is 5.83. The molecule has 2 N–H and O–H groups in total. The summed E-state index contributed by atoms with van der Waals surface area (Å²) in [6, 6.07) is 7.66. The highest BCUT2D eigenvalue weighted by atomic mass is 35.5. The van der Waals surface area contributed by atoms with Crippen molar-refractivity contribution in [2.75, 3.05) is 39.4 Å². The number of hydrogen-bond donors (Lipinski definition) is 2. The van der Waals surface area contributed by atoms with Gasteiger partial charge in [-0.25, -0.2) is 0 Å². The van der Waals surface area contributed by atoms with Gasteiger partial charge in [0.25, 0.3) is 0 Å². The van der Waals surface area contributed by atoms with Crippen LogP contribution in [0, 0.1) is 0 Å². The van der Waals surface area contributed by atoms with E-state index < -0.39 is 0 Å². The van der Waals surface area contributed by atoms with Crippen LogP contribution in [0.25, 0.3) is 0 Å². The zero-order chi connectivity index (χ0) is 14.2. The van der Waals surface area contributed by atoms with E-state index >= 15 is 0 Å². The molecule has 1 aliphatic heterocycles. The fourth-order valence-electron chi connectivity index (χ4n) is 2.45. The van der Waals surface area contributed by atoms with E-state index in [-0.39, 0.29) is 12.6 Å². The summed E-state index contributed by atoms with van der Waals surface area (Å²) in [6.45, 7) is 4.80. The molecule has 0 aromatic heterocycles. The average molecular weight is 299 g/mol. The molecule has 1 fully saturated rings. The maximum atomic E-state index is 9.42. The highest BCUT2D eigenvalue weighted by molar-refractivity contribution is 6.30. The Labute approximate surface area is 125 Å². The van der Waals surface area contributed by atoms with Crippen molar-refractivity contribution in [3.05, 3.63) is 29.3 Å². The molecule has 1 aliphatic rings. The predicted octanol–water partition coefficient (Wildman–Crippen LogP) is 1.77. The molecular weight excluding hydrogens is 276 g/mol. The Morgan fingerprint density at radius 1 is 1.35 bits per heavy atom. The minimum atomic E-state index is 0.213. The van der Waals surface area contributed by atoms with Crippen molar-refractivity contribution in [1.82, 2.24) is 10.2 Å². The Kier molecular flexibility index (Phi) is 6.60. The third-order valence-corrected chi connectivity index (χ3v) is 3.83. The Balaban J connectivity index is 1.70. The molecule has 0 spiro atoms. The molecule has 1 atom stereocenters. The molecule has 1 aromatic rings. The van der Waals surface area contributed by atoms with E-state index in [2.05, 4.69) is 10.2 Å². The van der Waals surface area contributed by atoms with E-state index in [1.165, 1.54) is 0 Å². The number of ether oxygens (including phenoxy) is 1. The zero-order valence-electron chi connectivity index (χ0n) is 11.7. The monoisotopic (exact) mass is 298 g/mol. The predicted molar refractivity (Wildman–Crippen MR) is 81.5 cm³/mol. The molecule has 1 heterocycles. The number of hydrogen-bond acceptors (Lipinski definition) is 4. The molecule has 1 unspecified atom stereocenters. The van der Waals surface area contributed by atoms with Crippen LogP contribution in [-0.2, 0) is 0 Å². The molecule has 0 saturated carbocycles. The molecule has 1 saturated heterocycles. The van der Waals surface area contributed by atoms with Gasteiger partial charge in [-0.05, 0) is 50.2 Å². The van der Waals surface area contributed by atoms with Crippen LogP contribution in [0.15, 0.2) is 24.3 Å². The molecule has 0 radical (unpaired) electrons. The van der Waals surface area contributed by atoms with Crippen LogP contribution in [0.1, 0.15) is 12.8 Å². The van der Waals surface area contributed by atoms with Crippen molar-refractivity contribution in [3.63, 3.8) is 0 Å². The molecule has 4 nitrogen and oxygen atoms in total. The molecule has 1 aromatic carbocycles. The summed E-state index contributed by atoms with van der Waals surface area (Å²) in [5, 5.41) is 13.5. The van der Waals surface area contributed by atoms with E-state index in [9.17, 15) is 5.11 Å². The smallest absolute Gasteiger partial charge is 0.119 e. The van der Waals surface area contributed by atoms with Crippen molar-refractivity contribution in [2.24, 2.45) is 0 Å². The van der Waals surface area contributed by atoms with E-state index in [0.29, 0.717) is 6.61 Å². The van der Waals surface area contributed by atoms with Crippen LogP contribution in [-0.4, -0.2) is 55.4 Å². The second kappa shape index (κ2) is 8.47. The fraction of sp³-hybridized carbons (Fsp3) is 0.600. The van der Waals surface area contributed by atoms with Gasteiger partial charge < -0.3 is 15.2 Å². The lowest BCUT2D eigenvalue weighted by molar-refractivity contribution is 0.125. The molecule has 0 bridgehead atoms. The van der Waals surface area contributed by atoms with Gasteiger partial charge in [0.05, 0.1) is 13.2 Å². The summed E-state index contributed by atoms with van der Waals surface area (Å²) in [6.07, 6.45) is 2.09. The lowest BCUT2D eigenvalue weighted by Crippen LogP contribution is -2.43. The SMILES string of the molecule is OCC1CNCCCN1CCCOc1ccc(Cl)cc1. The molecule has 0 aliphatic carbocycles. The van der Waals surface area contributed by atoms with Crippen LogP contribution in [0.4, 0.5) is 0 Å². The molecular formula is C15H23ClN2O2. The molecule has 2 rings (SSSR count). The first-order chi connectivity index (χ1) is 9.79. The molecule has 0 amide bonds. The van der Waals surface area contributed by atoms with Gasteiger partial charge >= 0.3 is 0 Å². The van der Waals surface area contributed by atoms with Gasteiger partial charge in [0.2, 0.25) is 0 Å². The summed E-state index contributed by atoms with van der Waals surface area (Å²) in [5.41, 5.74) is 0. The molecule has 5 heteroatoms. The number of aliphatic hydroxyl groups excluding tert-OH is 1. The largest absolute Gasteiger partial charge is 0.494 e. The first-order valence-corrected chi connectivity index (χ1v) is 7.61. The summed E-state index contributed by atoms with van der Waals surface area (Å²) in [4.78, 5) is 2.35. The highest BCUT2D eigenvalue weighted by Crippen LogP contribution is 2.15. The Hall–Kier alpha value is -0.810. The maximum absolute atomic E-state index is 9.42. The summed E-state index contributed by atoms with van der Waals surface area (Å²) in [7, 11) is 0. The third-order valence-electron chi connectivity index (χ3n) is 3.58. The zero-order valence-corrected chi connectivity index (χ0v) is 12.5. The average Bonchev–Trinajstić information content (AvgIpc) is 2.70. The second-order valence-corrected chi connectivity index (χ2v) is 5.52. The molecule has 112 valence electrons. The number of aliphatic hydroxyl groups is 1. The molecule has 20 heavy (non-hydrogen) atoms. The minimum Gasteiger partial charge on any atom is -0.494 e. The van der Waals surface area contributed by atoms with Crippen LogP contribution in [0.2, 0.25) is 5.02 Å².